The molecule has 0 fully saturated rings. The Hall–Kier alpha value is -2.23. The first-order valence-electron chi connectivity index (χ1n) is 5.35. The van der Waals surface area contributed by atoms with Gasteiger partial charge in [0.05, 0.1) is 0 Å². The number of hydrogen-bond donors (Lipinski definition) is 2. The smallest absolute Gasteiger partial charge is 0.264 e. The van der Waals surface area contributed by atoms with Gasteiger partial charge in [0, 0.05) is 12.6 Å². The van der Waals surface area contributed by atoms with Crippen LogP contribution in [0.4, 0.5) is 0 Å². The molecule has 1 aromatic carbocycles. The average molecular weight is 230 g/mol. The third-order valence-corrected chi connectivity index (χ3v) is 2.37. The zero-order chi connectivity index (χ0) is 12.3. The topological polar surface area (TPSA) is 64.3 Å². The lowest BCUT2D eigenvalue weighted by molar-refractivity contribution is -0.114. The fourth-order valence-electron chi connectivity index (χ4n) is 1.56. The summed E-state index contributed by atoms with van der Waals surface area (Å²) in [5, 5.41) is 2.88. The van der Waals surface area contributed by atoms with Crippen molar-refractivity contribution >= 4 is 5.91 Å². The molecule has 0 spiro atoms. The van der Waals surface area contributed by atoms with Crippen LogP contribution in [0.25, 0.3) is 0 Å². The van der Waals surface area contributed by atoms with Crippen LogP contribution in [0.3, 0.4) is 0 Å². The number of primary amides is 1. The normalized spacial score (nSPS) is 14.4. The third kappa shape index (κ3) is 2.87. The molecule has 0 aliphatic carbocycles. The van der Waals surface area contributed by atoms with Gasteiger partial charge in [0.15, 0.2) is 0 Å². The Morgan fingerprint density at radius 2 is 2.29 bits per heavy atom. The number of ether oxygens (including phenoxy) is 1. The zero-order valence-electron chi connectivity index (χ0n) is 9.57. The van der Waals surface area contributed by atoms with Crippen molar-refractivity contribution in [3.8, 4) is 5.75 Å². The Morgan fingerprint density at radius 1 is 1.47 bits per heavy atom. The maximum absolute atomic E-state index is 11.0. The lowest BCUT2D eigenvalue weighted by atomic mass is 10.2. The molecule has 0 aromatic heterocycles. The molecule has 0 atom stereocenters. The summed E-state index contributed by atoms with van der Waals surface area (Å²) in [6.45, 7) is 2.53. The van der Waals surface area contributed by atoms with E-state index in [1.807, 2.05) is 37.3 Å². The average Bonchev–Trinajstić information content (AvgIpc) is 2.29. The van der Waals surface area contributed by atoms with E-state index in [9.17, 15) is 4.79 Å². The molecular weight excluding hydrogens is 216 g/mol. The van der Waals surface area contributed by atoms with Crippen molar-refractivity contribution in [1.82, 2.24) is 5.32 Å². The summed E-state index contributed by atoms with van der Waals surface area (Å²) in [5.74, 6) is 0.893. The molecule has 17 heavy (non-hydrogen) atoms. The molecule has 0 saturated carbocycles. The number of nitrogens with one attached hydrogen (secondary N) is 1. The first-order chi connectivity index (χ1) is 8.15. The summed E-state index contributed by atoms with van der Waals surface area (Å²) < 4.78 is 5.65. The van der Waals surface area contributed by atoms with Gasteiger partial charge in [-0.2, -0.15) is 0 Å². The maximum Gasteiger partial charge on any atom is 0.264 e. The first-order valence-corrected chi connectivity index (χ1v) is 5.35. The lowest BCUT2D eigenvalue weighted by Crippen LogP contribution is -2.29. The van der Waals surface area contributed by atoms with E-state index in [2.05, 4.69) is 5.32 Å². The Balaban J connectivity index is 2.14. The van der Waals surface area contributed by atoms with Crippen molar-refractivity contribution in [2.24, 2.45) is 5.73 Å². The van der Waals surface area contributed by atoms with Gasteiger partial charge < -0.3 is 15.8 Å². The van der Waals surface area contributed by atoms with Gasteiger partial charge in [-0.1, -0.05) is 12.1 Å². The predicted molar refractivity (Wildman–Crippen MR) is 65.2 cm³/mol. The molecule has 0 unspecified atom stereocenters. The molecule has 88 valence electrons. The van der Waals surface area contributed by atoms with Crippen molar-refractivity contribution in [1.29, 1.82) is 0 Å². The van der Waals surface area contributed by atoms with Crippen LogP contribution < -0.4 is 15.8 Å². The van der Waals surface area contributed by atoms with Crippen LogP contribution in [0, 0.1) is 6.92 Å². The van der Waals surface area contributed by atoms with Crippen molar-refractivity contribution in [3.05, 3.63) is 53.4 Å². The molecule has 0 saturated heterocycles. The standard InChI is InChI=1S/C13H14N2O2/c1-9-3-2-4-10(7-9)17-11-5-6-15-12(8-11)13(14)16/h2-5,7-8,15H,6H2,1H3,(H2,14,16). The van der Waals surface area contributed by atoms with Gasteiger partial charge in [0.2, 0.25) is 0 Å². The van der Waals surface area contributed by atoms with Crippen LogP contribution in [0.2, 0.25) is 0 Å². The summed E-state index contributed by atoms with van der Waals surface area (Å²) >= 11 is 0. The highest BCUT2D eigenvalue weighted by Gasteiger charge is 2.10. The molecule has 4 nitrogen and oxygen atoms in total. The highest BCUT2D eigenvalue weighted by Crippen LogP contribution is 2.17. The van der Waals surface area contributed by atoms with Gasteiger partial charge in [-0.3, -0.25) is 4.79 Å². The summed E-state index contributed by atoms with van der Waals surface area (Å²) in [4.78, 5) is 11.0. The van der Waals surface area contributed by atoms with E-state index in [0.29, 0.717) is 18.0 Å². The molecule has 1 heterocycles. The van der Waals surface area contributed by atoms with Crippen molar-refractivity contribution in [2.75, 3.05) is 6.54 Å². The molecular formula is C13H14N2O2. The predicted octanol–water partition coefficient (Wildman–Crippen LogP) is 1.23. The molecule has 0 bridgehead atoms. The highest BCUT2D eigenvalue weighted by molar-refractivity contribution is 5.92. The van der Waals surface area contributed by atoms with Gasteiger partial charge in [-0.15, -0.1) is 0 Å². The van der Waals surface area contributed by atoms with Crippen molar-refractivity contribution in [3.63, 3.8) is 0 Å². The Labute approximate surface area is 99.8 Å². The van der Waals surface area contributed by atoms with Crippen LogP contribution in [0.5, 0.6) is 5.75 Å². The summed E-state index contributed by atoms with van der Waals surface area (Å²) in [6, 6.07) is 7.72. The quantitative estimate of drug-likeness (QED) is 0.820. The number of benzene rings is 1. The van der Waals surface area contributed by atoms with Gasteiger partial charge in [-0.25, -0.2) is 0 Å². The SMILES string of the molecule is Cc1cccc(OC2=CCNC(C(N)=O)=C2)c1. The van der Waals surface area contributed by atoms with E-state index in [4.69, 9.17) is 10.5 Å². The third-order valence-electron chi connectivity index (χ3n) is 2.37. The van der Waals surface area contributed by atoms with E-state index in [1.165, 1.54) is 0 Å². The van der Waals surface area contributed by atoms with Gasteiger partial charge in [0.25, 0.3) is 5.91 Å². The number of dihydropyridines is 1. The van der Waals surface area contributed by atoms with Crippen LogP contribution in [0.1, 0.15) is 5.56 Å². The minimum atomic E-state index is -0.483. The highest BCUT2D eigenvalue weighted by atomic mass is 16.5. The van der Waals surface area contributed by atoms with Crippen LogP contribution in [-0.4, -0.2) is 12.5 Å². The first kappa shape index (κ1) is 11.3. The Bertz CT molecular complexity index is 504. The number of aryl methyl sites for hydroxylation is 1. The second-order valence-electron chi connectivity index (χ2n) is 3.83. The monoisotopic (exact) mass is 230 g/mol. The van der Waals surface area contributed by atoms with E-state index in [1.54, 1.807) is 6.08 Å². The molecule has 1 amide bonds. The Morgan fingerprint density at radius 3 is 3.00 bits per heavy atom. The number of carbonyl (C=O) groups excluding carboxylic acids is 1. The fourth-order valence-corrected chi connectivity index (χ4v) is 1.56. The van der Waals surface area contributed by atoms with Gasteiger partial charge in [0.1, 0.15) is 17.2 Å². The van der Waals surface area contributed by atoms with E-state index < -0.39 is 5.91 Å². The van der Waals surface area contributed by atoms with Crippen LogP contribution in [0.15, 0.2) is 47.9 Å². The molecule has 1 aliphatic rings. The van der Waals surface area contributed by atoms with Crippen molar-refractivity contribution in [2.45, 2.75) is 6.92 Å². The zero-order valence-corrected chi connectivity index (χ0v) is 9.57. The number of rotatable bonds is 3. The summed E-state index contributed by atoms with van der Waals surface area (Å²) in [6.07, 6.45) is 3.46. The number of carbonyl (C=O) groups is 1. The minimum absolute atomic E-state index is 0.371. The van der Waals surface area contributed by atoms with E-state index in [-0.39, 0.29) is 0 Å². The summed E-state index contributed by atoms with van der Waals surface area (Å²) in [5.41, 5.74) is 6.69. The minimum Gasteiger partial charge on any atom is -0.458 e. The fraction of sp³-hybridized carbons (Fsp3) is 0.154. The van der Waals surface area contributed by atoms with E-state index in [0.717, 1.165) is 11.3 Å². The van der Waals surface area contributed by atoms with Gasteiger partial charge in [-0.05, 0) is 30.7 Å². The molecule has 1 aliphatic heterocycles. The number of allylic oxidation sites excluding steroid dienone is 1. The molecule has 4 heteroatoms. The number of hydrogen-bond acceptors (Lipinski definition) is 3. The molecule has 3 N–H and O–H groups in total. The largest absolute Gasteiger partial charge is 0.458 e. The van der Waals surface area contributed by atoms with Crippen LogP contribution >= 0.6 is 0 Å². The molecule has 0 radical (unpaired) electrons. The molecule has 1 aromatic rings. The van der Waals surface area contributed by atoms with Crippen LogP contribution in [-0.2, 0) is 4.79 Å². The van der Waals surface area contributed by atoms with Gasteiger partial charge >= 0.3 is 0 Å². The van der Waals surface area contributed by atoms with E-state index >= 15 is 0 Å². The number of amides is 1. The second-order valence-corrected chi connectivity index (χ2v) is 3.83. The Kier molecular flexibility index (Phi) is 3.14. The second kappa shape index (κ2) is 4.74. The number of nitrogens with two attached hydrogens (primary N) is 1. The molecule has 2 rings (SSSR count). The lowest BCUT2D eigenvalue weighted by Gasteiger charge is -2.14. The van der Waals surface area contributed by atoms with Crippen molar-refractivity contribution < 1.29 is 9.53 Å². The summed E-state index contributed by atoms with van der Waals surface area (Å²) in [7, 11) is 0. The maximum atomic E-state index is 11.0.